The first-order chi connectivity index (χ1) is 9.49. The molecule has 0 atom stereocenters. The van der Waals surface area contributed by atoms with Crippen LogP contribution in [0, 0.1) is 15.9 Å². The van der Waals surface area contributed by atoms with Crippen molar-refractivity contribution in [2.24, 2.45) is 0 Å². The normalized spacial score (nSPS) is 10.5. The van der Waals surface area contributed by atoms with Gasteiger partial charge in [0.1, 0.15) is 0 Å². The lowest BCUT2D eigenvalue weighted by Gasteiger charge is -2.06. The predicted molar refractivity (Wildman–Crippen MR) is 78.5 cm³/mol. The monoisotopic (exact) mass is 312 g/mol. The van der Waals surface area contributed by atoms with Gasteiger partial charge in [0.2, 0.25) is 5.82 Å². The molecule has 0 radical (unpaired) electrons. The molecule has 4 nitrogen and oxygen atoms in total. The largest absolute Gasteiger partial charge is 0.399 e. The Hall–Kier alpha value is -1.79. The second-order valence-electron chi connectivity index (χ2n) is 3.99. The van der Waals surface area contributed by atoms with E-state index in [1.165, 1.54) is 23.9 Å². The number of hydrogen-bond acceptors (Lipinski definition) is 4. The first kappa shape index (κ1) is 14.6. The highest BCUT2D eigenvalue weighted by molar-refractivity contribution is 7.98. The van der Waals surface area contributed by atoms with Crippen LogP contribution in [0.5, 0.6) is 0 Å². The molecule has 2 aromatic carbocycles. The molecular weight excluding hydrogens is 303 g/mol. The molecule has 2 N–H and O–H groups in total. The summed E-state index contributed by atoms with van der Waals surface area (Å²) in [6.45, 7) is 0. The topological polar surface area (TPSA) is 69.2 Å². The highest BCUT2D eigenvalue weighted by Gasteiger charge is 2.17. The third kappa shape index (κ3) is 3.20. The van der Waals surface area contributed by atoms with E-state index in [1.54, 1.807) is 18.2 Å². The lowest BCUT2D eigenvalue weighted by atomic mass is 10.2. The summed E-state index contributed by atoms with van der Waals surface area (Å²) in [4.78, 5) is 10.6. The fourth-order valence-corrected chi connectivity index (χ4v) is 2.85. The molecule has 0 fully saturated rings. The Labute approximate surface area is 123 Å². The second kappa shape index (κ2) is 6.11. The predicted octanol–water partition coefficient (Wildman–Crippen LogP) is 4.26. The summed E-state index contributed by atoms with van der Waals surface area (Å²) >= 11 is 7.28. The van der Waals surface area contributed by atoms with Crippen LogP contribution >= 0.6 is 23.4 Å². The zero-order valence-corrected chi connectivity index (χ0v) is 11.7. The molecule has 0 aliphatic carbocycles. The minimum atomic E-state index is -0.815. The molecule has 2 aromatic rings. The number of rotatable bonds is 4. The summed E-state index contributed by atoms with van der Waals surface area (Å²) in [7, 11) is 0. The van der Waals surface area contributed by atoms with Crippen LogP contribution in [-0.4, -0.2) is 4.92 Å². The minimum Gasteiger partial charge on any atom is -0.399 e. The molecule has 0 heterocycles. The van der Waals surface area contributed by atoms with Gasteiger partial charge in [0, 0.05) is 28.0 Å². The van der Waals surface area contributed by atoms with Crippen LogP contribution in [0.1, 0.15) is 5.56 Å². The van der Waals surface area contributed by atoms with Gasteiger partial charge in [0.05, 0.1) is 9.95 Å². The quantitative estimate of drug-likeness (QED) is 0.396. The van der Waals surface area contributed by atoms with Gasteiger partial charge in [-0.25, -0.2) is 0 Å². The van der Waals surface area contributed by atoms with Gasteiger partial charge in [0.25, 0.3) is 0 Å². The van der Waals surface area contributed by atoms with Gasteiger partial charge in [-0.15, -0.1) is 11.8 Å². The van der Waals surface area contributed by atoms with E-state index in [-0.39, 0.29) is 11.3 Å². The molecule has 0 aliphatic heterocycles. The van der Waals surface area contributed by atoms with Gasteiger partial charge in [-0.1, -0.05) is 23.7 Å². The fourth-order valence-electron chi connectivity index (χ4n) is 1.60. The van der Waals surface area contributed by atoms with Gasteiger partial charge in [-0.05, 0) is 18.2 Å². The molecule has 7 heteroatoms. The lowest BCUT2D eigenvalue weighted by molar-refractivity contribution is -0.387. The average Bonchev–Trinajstić information content (AvgIpc) is 2.41. The highest BCUT2D eigenvalue weighted by Crippen LogP contribution is 2.33. The maximum absolute atomic E-state index is 13.9. The molecule has 0 aromatic heterocycles. The Morgan fingerprint density at radius 3 is 2.80 bits per heavy atom. The van der Waals surface area contributed by atoms with Gasteiger partial charge < -0.3 is 5.73 Å². The fraction of sp³-hybridized carbons (Fsp3) is 0.0769. The Balaban J connectivity index is 2.21. The van der Waals surface area contributed by atoms with Crippen molar-refractivity contribution >= 4 is 34.7 Å². The highest BCUT2D eigenvalue weighted by atomic mass is 35.5. The number of thioether (sulfide) groups is 1. The molecule has 0 amide bonds. The van der Waals surface area contributed by atoms with Crippen LogP contribution in [0.4, 0.5) is 15.8 Å². The van der Waals surface area contributed by atoms with Gasteiger partial charge in [0.15, 0.2) is 0 Å². The number of nitro benzene ring substituents is 1. The third-order valence-corrected chi connectivity index (χ3v) is 4.14. The van der Waals surface area contributed by atoms with Crippen LogP contribution < -0.4 is 5.73 Å². The van der Waals surface area contributed by atoms with Crippen molar-refractivity contribution in [3.05, 3.63) is 62.9 Å². The van der Waals surface area contributed by atoms with Gasteiger partial charge in [-0.2, -0.15) is 4.39 Å². The Morgan fingerprint density at radius 2 is 2.10 bits per heavy atom. The van der Waals surface area contributed by atoms with Crippen molar-refractivity contribution in [3.8, 4) is 0 Å². The van der Waals surface area contributed by atoms with E-state index in [4.69, 9.17) is 17.3 Å². The van der Waals surface area contributed by atoms with Crippen LogP contribution in [0.2, 0.25) is 5.02 Å². The first-order valence-electron chi connectivity index (χ1n) is 5.58. The number of benzene rings is 2. The Morgan fingerprint density at radius 1 is 1.35 bits per heavy atom. The smallest absolute Gasteiger partial charge is 0.305 e. The van der Waals surface area contributed by atoms with Crippen LogP contribution in [0.15, 0.2) is 41.3 Å². The van der Waals surface area contributed by atoms with Crippen molar-refractivity contribution in [2.45, 2.75) is 10.6 Å². The molecule has 0 bridgehead atoms. The van der Waals surface area contributed by atoms with E-state index in [9.17, 15) is 14.5 Å². The van der Waals surface area contributed by atoms with Gasteiger partial charge >= 0.3 is 5.69 Å². The van der Waals surface area contributed by atoms with E-state index in [0.29, 0.717) is 15.6 Å². The minimum absolute atomic E-state index is 0.233. The number of nitrogens with two attached hydrogens (primary N) is 1. The average molecular weight is 313 g/mol. The zero-order valence-electron chi connectivity index (χ0n) is 10.2. The SMILES string of the molecule is Nc1ccc(Cl)c(SCc2cccc([N+](=O)[O-])c2F)c1. The molecule has 2 rings (SSSR count). The number of halogens is 2. The first-order valence-corrected chi connectivity index (χ1v) is 6.95. The zero-order chi connectivity index (χ0) is 14.7. The van der Waals surface area contributed by atoms with Crippen molar-refractivity contribution < 1.29 is 9.31 Å². The molecule has 0 saturated heterocycles. The maximum Gasteiger partial charge on any atom is 0.305 e. The summed E-state index contributed by atoms with van der Waals surface area (Å²) in [5.74, 6) is -0.582. The number of nitrogens with zero attached hydrogens (tertiary/aromatic N) is 1. The standard InChI is InChI=1S/C13H10ClFN2O2S/c14-10-5-4-9(16)6-12(10)20-7-8-2-1-3-11(13(8)15)17(18)19/h1-6H,7,16H2. The molecule has 20 heavy (non-hydrogen) atoms. The number of hydrogen-bond donors (Lipinski definition) is 1. The molecule has 0 unspecified atom stereocenters. The van der Waals surface area contributed by atoms with E-state index < -0.39 is 16.4 Å². The van der Waals surface area contributed by atoms with Crippen molar-refractivity contribution in [2.75, 3.05) is 5.73 Å². The number of anilines is 1. The van der Waals surface area contributed by atoms with E-state index in [2.05, 4.69) is 0 Å². The van der Waals surface area contributed by atoms with E-state index >= 15 is 0 Å². The summed E-state index contributed by atoms with van der Waals surface area (Å²) < 4.78 is 13.9. The summed E-state index contributed by atoms with van der Waals surface area (Å²) in [6, 6.07) is 9.11. The molecule has 0 aliphatic rings. The summed E-state index contributed by atoms with van der Waals surface area (Å²) in [5.41, 5.74) is 5.93. The Kier molecular flexibility index (Phi) is 4.46. The summed E-state index contributed by atoms with van der Waals surface area (Å²) in [5, 5.41) is 11.2. The van der Waals surface area contributed by atoms with Gasteiger partial charge in [-0.3, -0.25) is 10.1 Å². The molecule has 0 spiro atoms. The summed E-state index contributed by atoms with van der Waals surface area (Å²) in [6.07, 6.45) is 0. The van der Waals surface area contributed by atoms with Crippen LogP contribution in [-0.2, 0) is 5.75 Å². The second-order valence-corrected chi connectivity index (χ2v) is 5.41. The molecule has 0 saturated carbocycles. The lowest BCUT2D eigenvalue weighted by Crippen LogP contribution is -1.96. The number of nitro groups is 1. The van der Waals surface area contributed by atoms with E-state index in [1.807, 2.05) is 0 Å². The molecule has 104 valence electrons. The maximum atomic E-state index is 13.9. The van der Waals surface area contributed by atoms with Crippen molar-refractivity contribution in [1.29, 1.82) is 0 Å². The third-order valence-electron chi connectivity index (χ3n) is 2.59. The number of nitrogen functional groups attached to an aromatic ring is 1. The van der Waals surface area contributed by atoms with Crippen LogP contribution in [0.25, 0.3) is 0 Å². The Bertz CT molecular complexity index is 667. The van der Waals surface area contributed by atoms with E-state index in [0.717, 1.165) is 6.07 Å². The van der Waals surface area contributed by atoms with Crippen molar-refractivity contribution in [3.63, 3.8) is 0 Å². The van der Waals surface area contributed by atoms with Crippen LogP contribution in [0.3, 0.4) is 0 Å². The van der Waals surface area contributed by atoms with Crippen molar-refractivity contribution in [1.82, 2.24) is 0 Å². The molecular formula is C13H10ClFN2O2S.